The van der Waals surface area contributed by atoms with Gasteiger partial charge in [0.1, 0.15) is 5.82 Å². The number of benzene rings is 1. The van der Waals surface area contributed by atoms with Crippen LogP contribution in [0.4, 0.5) is 4.39 Å². The van der Waals surface area contributed by atoms with Gasteiger partial charge in [-0.1, -0.05) is 6.07 Å². The van der Waals surface area contributed by atoms with Crippen LogP contribution in [0, 0.1) is 12.7 Å². The number of nitrogens with two attached hydrogens (primary N) is 1. The standard InChI is InChI=1S/C14H16FN3O/c1-9-3-4-11(15)7-10(9)8-12(16)13-5-6-14(19-2)18-17-13/h3-7,12H,8,16H2,1-2H3. The summed E-state index contributed by atoms with van der Waals surface area (Å²) < 4.78 is 18.2. The molecule has 1 atom stereocenters. The molecule has 0 amide bonds. The summed E-state index contributed by atoms with van der Waals surface area (Å²) in [4.78, 5) is 0. The number of aromatic nitrogens is 2. The molecule has 0 saturated heterocycles. The highest BCUT2D eigenvalue weighted by Crippen LogP contribution is 2.18. The zero-order valence-electron chi connectivity index (χ0n) is 10.9. The van der Waals surface area contributed by atoms with E-state index < -0.39 is 0 Å². The predicted octanol–water partition coefficient (Wildman–Crippen LogP) is 2.18. The molecule has 2 rings (SSSR count). The van der Waals surface area contributed by atoms with Crippen LogP contribution in [-0.4, -0.2) is 17.3 Å². The average Bonchev–Trinajstić information content (AvgIpc) is 2.43. The lowest BCUT2D eigenvalue weighted by Gasteiger charge is -2.12. The molecule has 2 aromatic rings. The highest BCUT2D eigenvalue weighted by Gasteiger charge is 2.11. The first kappa shape index (κ1) is 13.4. The van der Waals surface area contributed by atoms with E-state index in [2.05, 4.69) is 10.2 Å². The van der Waals surface area contributed by atoms with Gasteiger partial charge in [0.25, 0.3) is 0 Å². The number of halogens is 1. The maximum atomic E-state index is 13.2. The fourth-order valence-electron chi connectivity index (χ4n) is 1.84. The molecule has 5 heteroatoms. The van der Waals surface area contributed by atoms with Gasteiger partial charge in [-0.05, 0) is 42.7 Å². The molecule has 2 N–H and O–H groups in total. The van der Waals surface area contributed by atoms with Gasteiger partial charge in [0, 0.05) is 6.07 Å². The Labute approximate surface area is 111 Å². The third-order valence-corrected chi connectivity index (χ3v) is 3.00. The fraction of sp³-hybridized carbons (Fsp3) is 0.286. The lowest BCUT2D eigenvalue weighted by molar-refractivity contribution is 0.390. The van der Waals surface area contributed by atoms with Crippen LogP contribution >= 0.6 is 0 Å². The molecular weight excluding hydrogens is 245 g/mol. The lowest BCUT2D eigenvalue weighted by atomic mass is 9.99. The number of rotatable bonds is 4. The van der Waals surface area contributed by atoms with Crippen LogP contribution in [0.1, 0.15) is 22.9 Å². The Morgan fingerprint density at radius 2 is 2.05 bits per heavy atom. The monoisotopic (exact) mass is 261 g/mol. The van der Waals surface area contributed by atoms with Crippen LogP contribution in [0.15, 0.2) is 30.3 Å². The molecule has 0 spiro atoms. The molecule has 0 radical (unpaired) electrons. The van der Waals surface area contributed by atoms with Gasteiger partial charge in [-0.3, -0.25) is 0 Å². The van der Waals surface area contributed by atoms with Crippen LogP contribution < -0.4 is 10.5 Å². The molecule has 0 bridgehead atoms. The number of ether oxygens (including phenoxy) is 1. The quantitative estimate of drug-likeness (QED) is 0.916. The molecule has 100 valence electrons. The second-order valence-electron chi connectivity index (χ2n) is 4.38. The number of methoxy groups -OCH3 is 1. The molecule has 4 nitrogen and oxygen atoms in total. The van der Waals surface area contributed by atoms with E-state index in [-0.39, 0.29) is 11.9 Å². The Morgan fingerprint density at radius 3 is 2.68 bits per heavy atom. The first-order valence-corrected chi connectivity index (χ1v) is 5.98. The summed E-state index contributed by atoms with van der Waals surface area (Å²) in [6.45, 7) is 1.93. The number of aryl methyl sites for hydroxylation is 1. The molecular formula is C14H16FN3O. The highest BCUT2D eigenvalue weighted by molar-refractivity contribution is 5.28. The van der Waals surface area contributed by atoms with Gasteiger partial charge in [0.2, 0.25) is 5.88 Å². The van der Waals surface area contributed by atoms with Crippen molar-refractivity contribution in [3.8, 4) is 5.88 Å². The van der Waals surface area contributed by atoms with Crippen molar-refractivity contribution in [3.63, 3.8) is 0 Å². The average molecular weight is 261 g/mol. The Kier molecular flexibility index (Phi) is 4.06. The molecule has 0 fully saturated rings. The van der Waals surface area contributed by atoms with Gasteiger partial charge >= 0.3 is 0 Å². The Bertz CT molecular complexity index is 557. The van der Waals surface area contributed by atoms with Gasteiger partial charge in [0.15, 0.2) is 0 Å². The van der Waals surface area contributed by atoms with Crippen molar-refractivity contribution in [2.75, 3.05) is 7.11 Å². The predicted molar refractivity (Wildman–Crippen MR) is 70.4 cm³/mol. The first-order chi connectivity index (χ1) is 9.10. The zero-order chi connectivity index (χ0) is 13.8. The van der Waals surface area contributed by atoms with Gasteiger partial charge in [-0.2, -0.15) is 5.10 Å². The summed E-state index contributed by atoms with van der Waals surface area (Å²) in [6.07, 6.45) is 0.518. The number of hydrogen-bond acceptors (Lipinski definition) is 4. The largest absolute Gasteiger partial charge is 0.480 e. The smallest absolute Gasteiger partial charge is 0.233 e. The van der Waals surface area contributed by atoms with Crippen LogP contribution in [0.2, 0.25) is 0 Å². The molecule has 1 aromatic heterocycles. The van der Waals surface area contributed by atoms with Crippen molar-refractivity contribution in [3.05, 3.63) is 53.0 Å². The van der Waals surface area contributed by atoms with Crippen LogP contribution in [-0.2, 0) is 6.42 Å². The van der Waals surface area contributed by atoms with Crippen molar-refractivity contribution in [1.29, 1.82) is 0 Å². The molecule has 1 heterocycles. The van der Waals surface area contributed by atoms with E-state index in [1.54, 1.807) is 18.2 Å². The normalized spacial score (nSPS) is 12.2. The number of nitrogens with zero attached hydrogens (tertiary/aromatic N) is 2. The Balaban J connectivity index is 2.15. The molecule has 0 saturated carbocycles. The van der Waals surface area contributed by atoms with Crippen LogP contribution in [0.25, 0.3) is 0 Å². The van der Waals surface area contributed by atoms with E-state index in [1.165, 1.54) is 19.2 Å². The molecule has 0 aliphatic heterocycles. The third-order valence-electron chi connectivity index (χ3n) is 3.00. The minimum absolute atomic E-state index is 0.256. The fourth-order valence-corrected chi connectivity index (χ4v) is 1.84. The SMILES string of the molecule is COc1ccc(C(N)Cc2cc(F)ccc2C)nn1. The van der Waals surface area contributed by atoms with Gasteiger partial charge in [0.05, 0.1) is 18.8 Å². The first-order valence-electron chi connectivity index (χ1n) is 5.98. The van der Waals surface area contributed by atoms with Crippen molar-refractivity contribution >= 4 is 0 Å². The lowest BCUT2D eigenvalue weighted by Crippen LogP contribution is -2.16. The van der Waals surface area contributed by atoms with Crippen LogP contribution in [0.5, 0.6) is 5.88 Å². The van der Waals surface area contributed by atoms with E-state index in [0.29, 0.717) is 18.0 Å². The third kappa shape index (κ3) is 3.26. The van der Waals surface area contributed by atoms with Crippen LogP contribution in [0.3, 0.4) is 0 Å². The molecule has 0 aliphatic rings. The van der Waals surface area contributed by atoms with Crippen molar-refractivity contribution in [1.82, 2.24) is 10.2 Å². The maximum Gasteiger partial charge on any atom is 0.233 e. The number of hydrogen-bond donors (Lipinski definition) is 1. The topological polar surface area (TPSA) is 61.0 Å². The van der Waals surface area contributed by atoms with E-state index in [0.717, 1.165) is 11.1 Å². The van der Waals surface area contributed by atoms with E-state index in [9.17, 15) is 4.39 Å². The molecule has 0 aliphatic carbocycles. The van der Waals surface area contributed by atoms with E-state index in [1.807, 2.05) is 6.92 Å². The Morgan fingerprint density at radius 1 is 1.26 bits per heavy atom. The van der Waals surface area contributed by atoms with Crippen molar-refractivity contribution in [2.24, 2.45) is 5.73 Å². The molecule has 19 heavy (non-hydrogen) atoms. The second kappa shape index (κ2) is 5.75. The van der Waals surface area contributed by atoms with Gasteiger partial charge < -0.3 is 10.5 Å². The maximum absolute atomic E-state index is 13.2. The van der Waals surface area contributed by atoms with Gasteiger partial charge in [-0.15, -0.1) is 5.10 Å². The summed E-state index contributed by atoms with van der Waals surface area (Å²) in [6, 6.07) is 7.85. The van der Waals surface area contributed by atoms with E-state index in [4.69, 9.17) is 10.5 Å². The summed E-state index contributed by atoms with van der Waals surface area (Å²) in [7, 11) is 1.53. The Hall–Kier alpha value is -2.01. The minimum atomic E-state index is -0.320. The summed E-state index contributed by atoms with van der Waals surface area (Å²) >= 11 is 0. The molecule has 1 aromatic carbocycles. The van der Waals surface area contributed by atoms with Gasteiger partial charge in [-0.25, -0.2) is 4.39 Å². The van der Waals surface area contributed by atoms with Crippen molar-refractivity contribution < 1.29 is 9.13 Å². The summed E-state index contributed by atoms with van der Waals surface area (Å²) in [5.74, 6) is 0.187. The molecule has 1 unspecified atom stereocenters. The highest BCUT2D eigenvalue weighted by atomic mass is 19.1. The second-order valence-corrected chi connectivity index (χ2v) is 4.38. The van der Waals surface area contributed by atoms with E-state index >= 15 is 0 Å². The zero-order valence-corrected chi connectivity index (χ0v) is 10.9. The van der Waals surface area contributed by atoms with Crippen molar-refractivity contribution in [2.45, 2.75) is 19.4 Å². The minimum Gasteiger partial charge on any atom is -0.480 e. The summed E-state index contributed by atoms with van der Waals surface area (Å²) in [5, 5.41) is 7.88. The summed E-state index contributed by atoms with van der Waals surface area (Å²) in [5.41, 5.74) is 8.62.